The number of hydrogen-bond donors (Lipinski definition) is 1. The van der Waals surface area contributed by atoms with E-state index in [0.717, 1.165) is 49.3 Å². The number of aldehydes is 1. The quantitative estimate of drug-likeness (QED) is 0.460. The van der Waals surface area contributed by atoms with Gasteiger partial charge in [-0.3, -0.25) is 0 Å². The lowest BCUT2D eigenvalue weighted by molar-refractivity contribution is -0.107. The number of aliphatic hydroxyl groups excluding tert-OH is 1. The maximum absolute atomic E-state index is 10.7. The normalized spacial score (nSPS) is 15.9. The minimum atomic E-state index is 0.566. The number of allylic oxidation sites excluding steroid dienone is 1. The molecule has 1 unspecified atom stereocenters. The van der Waals surface area contributed by atoms with Crippen molar-refractivity contribution in [2.45, 2.75) is 59.3 Å². The van der Waals surface area contributed by atoms with Gasteiger partial charge in [-0.15, -0.1) is 0 Å². The minimum absolute atomic E-state index is 0.566. The molecule has 0 fully saturated rings. The fraction of sp³-hybridized carbons (Fsp3) is 0.444. The minimum Gasteiger partial charge on any atom is -0.489 e. The molecule has 168 valence electrons. The molecule has 1 aliphatic rings. The fourth-order valence-corrected chi connectivity index (χ4v) is 4.38. The molecule has 3 rings (SSSR count). The zero-order valence-corrected chi connectivity index (χ0v) is 20.0. The summed E-state index contributed by atoms with van der Waals surface area (Å²) in [7, 11) is 1.00. The third kappa shape index (κ3) is 6.69. The first-order valence-electron chi connectivity index (χ1n) is 11.1. The van der Waals surface area contributed by atoms with E-state index in [1.54, 1.807) is 0 Å². The lowest BCUT2D eigenvalue weighted by Gasteiger charge is -2.27. The molecule has 3 nitrogen and oxygen atoms in total. The van der Waals surface area contributed by atoms with Crippen LogP contribution in [0.25, 0.3) is 5.57 Å². The Labute approximate surface area is 192 Å². The highest BCUT2D eigenvalue weighted by Gasteiger charge is 2.21. The Morgan fingerprint density at radius 1 is 1.10 bits per heavy atom. The van der Waals surface area contributed by atoms with Gasteiger partial charge < -0.3 is 14.6 Å². The second kappa shape index (κ2) is 12.7. The summed E-state index contributed by atoms with van der Waals surface area (Å²) in [5.41, 5.74) is 7.72. The first-order chi connectivity index (χ1) is 15.0. The molecule has 31 heavy (non-hydrogen) atoms. The van der Waals surface area contributed by atoms with Crippen LogP contribution in [-0.2, 0) is 11.2 Å². The van der Waals surface area contributed by atoms with Gasteiger partial charge in [0.25, 0.3) is 0 Å². The molecule has 0 heterocycles. The van der Waals surface area contributed by atoms with E-state index in [1.165, 1.54) is 46.2 Å². The summed E-state index contributed by atoms with van der Waals surface area (Å²) >= 11 is 6.09. The topological polar surface area (TPSA) is 46.5 Å². The Hall–Kier alpha value is -2.10. The summed E-state index contributed by atoms with van der Waals surface area (Å²) < 4.78 is 6.33. The van der Waals surface area contributed by atoms with Crippen molar-refractivity contribution in [1.82, 2.24) is 0 Å². The van der Waals surface area contributed by atoms with Gasteiger partial charge >= 0.3 is 0 Å². The van der Waals surface area contributed by atoms with Crippen LogP contribution < -0.4 is 4.74 Å². The van der Waals surface area contributed by atoms with Gasteiger partial charge in [-0.1, -0.05) is 43.1 Å². The molecule has 0 radical (unpaired) electrons. The molecule has 2 aromatic rings. The standard InChI is InChI=1S/C26H31ClO2.CH4O/c1-4-20-7-13-25(22-8-11-24(27)12-9-22)23(16-20)17-29-26-14-10-21(6-5-15-28)18(2)19(26)3;1-2/h8-12,14-15,20H,4-7,13,16-17H2,1-3H3;2H,1H3. The Morgan fingerprint density at radius 2 is 1.81 bits per heavy atom. The Morgan fingerprint density at radius 3 is 2.45 bits per heavy atom. The smallest absolute Gasteiger partial charge is 0.122 e. The third-order valence-corrected chi connectivity index (χ3v) is 6.57. The molecule has 0 aliphatic heterocycles. The maximum Gasteiger partial charge on any atom is 0.122 e. The summed E-state index contributed by atoms with van der Waals surface area (Å²) in [6.45, 7) is 7.14. The second-order valence-corrected chi connectivity index (χ2v) is 8.51. The largest absolute Gasteiger partial charge is 0.489 e. The molecular formula is C27H35ClO3. The van der Waals surface area contributed by atoms with Gasteiger partial charge in [-0.05, 0) is 97.0 Å². The van der Waals surface area contributed by atoms with Crippen molar-refractivity contribution in [2.24, 2.45) is 5.92 Å². The number of rotatable bonds is 8. The van der Waals surface area contributed by atoms with Crippen LogP contribution in [0.4, 0.5) is 0 Å². The van der Waals surface area contributed by atoms with Crippen LogP contribution in [0.2, 0.25) is 5.02 Å². The number of carbonyl (C=O) groups excluding carboxylic acids is 1. The van der Waals surface area contributed by atoms with Crippen molar-refractivity contribution in [3.05, 3.63) is 69.2 Å². The molecule has 1 N–H and O–H groups in total. The van der Waals surface area contributed by atoms with E-state index < -0.39 is 0 Å². The van der Waals surface area contributed by atoms with Crippen LogP contribution in [0, 0.1) is 19.8 Å². The molecule has 0 aromatic heterocycles. The summed E-state index contributed by atoms with van der Waals surface area (Å²) in [6.07, 6.45) is 6.99. The van der Waals surface area contributed by atoms with E-state index >= 15 is 0 Å². The molecule has 1 atom stereocenters. The average Bonchev–Trinajstić information content (AvgIpc) is 2.81. The molecule has 1 aliphatic carbocycles. The Balaban J connectivity index is 0.00000166. The molecule has 0 saturated carbocycles. The summed E-state index contributed by atoms with van der Waals surface area (Å²) in [6, 6.07) is 12.4. The Kier molecular flexibility index (Phi) is 10.3. The summed E-state index contributed by atoms with van der Waals surface area (Å²) in [5, 5.41) is 7.77. The van der Waals surface area contributed by atoms with Crippen molar-refractivity contribution in [1.29, 1.82) is 0 Å². The van der Waals surface area contributed by atoms with E-state index in [-0.39, 0.29) is 0 Å². The van der Waals surface area contributed by atoms with E-state index in [1.807, 2.05) is 12.1 Å². The predicted octanol–water partition coefficient (Wildman–Crippen LogP) is 6.74. The van der Waals surface area contributed by atoms with Crippen LogP contribution in [0.15, 0.2) is 42.0 Å². The third-order valence-electron chi connectivity index (χ3n) is 6.32. The molecule has 0 spiro atoms. The van der Waals surface area contributed by atoms with Gasteiger partial charge in [0.05, 0.1) is 0 Å². The molecule has 2 aromatic carbocycles. The van der Waals surface area contributed by atoms with Crippen LogP contribution in [-0.4, -0.2) is 25.1 Å². The zero-order valence-electron chi connectivity index (χ0n) is 19.2. The van der Waals surface area contributed by atoms with Crippen molar-refractivity contribution in [2.75, 3.05) is 13.7 Å². The first kappa shape index (κ1) is 25.2. The zero-order chi connectivity index (χ0) is 22.8. The van der Waals surface area contributed by atoms with Crippen molar-refractivity contribution < 1.29 is 14.6 Å². The van der Waals surface area contributed by atoms with E-state index in [0.29, 0.717) is 13.0 Å². The highest BCUT2D eigenvalue weighted by Crippen LogP contribution is 2.37. The van der Waals surface area contributed by atoms with Crippen molar-refractivity contribution in [3.63, 3.8) is 0 Å². The van der Waals surface area contributed by atoms with Gasteiger partial charge in [0.15, 0.2) is 0 Å². The first-order valence-corrected chi connectivity index (χ1v) is 11.5. The molecular weight excluding hydrogens is 408 g/mol. The lowest BCUT2D eigenvalue weighted by Crippen LogP contribution is -2.15. The highest BCUT2D eigenvalue weighted by atomic mass is 35.5. The van der Waals surface area contributed by atoms with Gasteiger partial charge in [0.1, 0.15) is 18.6 Å². The molecule has 0 amide bonds. The van der Waals surface area contributed by atoms with Crippen LogP contribution in [0.3, 0.4) is 0 Å². The van der Waals surface area contributed by atoms with E-state index in [9.17, 15) is 4.79 Å². The average molecular weight is 443 g/mol. The van der Waals surface area contributed by atoms with Gasteiger partial charge in [-0.25, -0.2) is 0 Å². The van der Waals surface area contributed by atoms with E-state index in [4.69, 9.17) is 21.4 Å². The van der Waals surface area contributed by atoms with Crippen molar-refractivity contribution >= 4 is 23.5 Å². The predicted molar refractivity (Wildman–Crippen MR) is 130 cm³/mol. The summed E-state index contributed by atoms with van der Waals surface area (Å²) in [4.78, 5) is 10.7. The lowest BCUT2D eigenvalue weighted by atomic mass is 9.80. The fourth-order valence-electron chi connectivity index (χ4n) is 4.25. The van der Waals surface area contributed by atoms with Gasteiger partial charge in [0.2, 0.25) is 0 Å². The summed E-state index contributed by atoms with van der Waals surface area (Å²) in [5.74, 6) is 1.68. The van der Waals surface area contributed by atoms with Crippen molar-refractivity contribution in [3.8, 4) is 5.75 Å². The van der Waals surface area contributed by atoms with E-state index in [2.05, 4.69) is 45.0 Å². The molecule has 0 saturated heterocycles. The highest BCUT2D eigenvalue weighted by molar-refractivity contribution is 6.30. The number of aliphatic hydroxyl groups is 1. The van der Waals surface area contributed by atoms with Crippen LogP contribution in [0.1, 0.15) is 61.3 Å². The van der Waals surface area contributed by atoms with Gasteiger partial charge in [-0.2, -0.15) is 0 Å². The van der Waals surface area contributed by atoms with Crippen LogP contribution in [0.5, 0.6) is 5.75 Å². The number of carbonyl (C=O) groups is 1. The monoisotopic (exact) mass is 442 g/mol. The van der Waals surface area contributed by atoms with Gasteiger partial charge in [0, 0.05) is 18.6 Å². The Bertz CT molecular complexity index is 884. The number of halogens is 1. The van der Waals surface area contributed by atoms with Crippen LogP contribution >= 0.6 is 11.6 Å². The SMILES string of the molecule is CCC1CCC(c2ccc(Cl)cc2)=C(COc2ccc(CCC=O)c(C)c2C)C1.CO. The number of hydrogen-bond acceptors (Lipinski definition) is 3. The molecule has 0 bridgehead atoms. The number of benzene rings is 2. The number of aryl methyl sites for hydroxylation is 1. The molecule has 4 heteroatoms. The second-order valence-electron chi connectivity index (χ2n) is 8.07. The maximum atomic E-state index is 10.7. The number of ether oxygens (including phenoxy) is 1.